The molecule has 1 heterocycles. The van der Waals surface area contributed by atoms with Gasteiger partial charge in [0.2, 0.25) is 5.91 Å². The van der Waals surface area contributed by atoms with Crippen LogP contribution in [-0.4, -0.2) is 32.0 Å². The Morgan fingerprint density at radius 3 is 2.70 bits per heavy atom. The molecule has 0 saturated carbocycles. The summed E-state index contributed by atoms with van der Waals surface area (Å²) >= 11 is 6.09. The molecule has 0 radical (unpaired) electrons. The predicted molar refractivity (Wildman–Crippen MR) is 87.1 cm³/mol. The second-order valence-corrected chi connectivity index (χ2v) is 5.13. The van der Waals surface area contributed by atoms with Gasteiger partial charge in [-0.25, -0.2) is 0 Å². The standard InChI is InChI=1S/C16H17ClN2O4/c1-11(20)19(12-5-6-14(22-2)13(17)10-12)8-7-18-16(21)15-4-3-9-23-15/h3-6,9-10H,7-8H2,1-2H3,(H,18,21). The number of nitrogens with zero attached hydrogens (tertiary/aromatic N) is 1. The number of carbonyl (C=O) groups excluding carboxylic acids is 2. The first-order chi connectivity index (χ1) is 11.0. The average Bonchev–Trinajstić information content (AvgIpc) is 3.05. The lowest BCUT2D eigenvalue weighted by molar-refractivity contribution is -0.116. The third-order valence-corrected chi connectivity index (χ3v) is 3.49. The fourth-order valence-electron chi connectivity index (χ4n) is 2.07. The highest BCUT2D eigenvalue weighted by Gasteiger charge is 2.14. The van der Waals surface area contributed by atoms with Gasteiger partial charge in [-0.3, -0.25) is 9.59 Å². The van der Waals surface area contributed by atoms with Gasteiger partial charge in [-0.1, -0.05) is 11.6 Å². The maximum absolute atomic E-state index is 11.8. The van der Waals surface area contributed by atoms with Crippen LogP contribution in [0.5, 0.6) is 5.75 Å². The van der Waals surface area contributed by atoms with Crippen LogP contribution in [0.25, 0.3) is 0 Å². The van der Waals surface area contributed by atoms with Crippen molar-refractivity contribution in [2.45, 2.75) is 6.92 Å². The summed E-state index contributed by atoms with van der Waals surface area (Å²) in [5, 5.41) is 3.11. The van der Waals surface area contributed by atoms with E-state index in [-0.39, 0.29) is 24.1 Å². The third kappa shape index (κ3) is 4.26. The molecule has 2 amide bonds. The molecule has 2 aromatic rings. The van der Waals surface area contributed by atoms with Gasteiger partial charge in [-0.15, -0.1) is 0 Å². The molecule has 0 spiro atoms. The number of benzene rings is 1. The quantitative estimate of drug-likeness (QED) is 0.880. The Morgan fingerprint density at radius 2 is 2.13 bits per heavy atom. The summed E-state index contributed by atoms with van der Waals surface area (Å²) in [4.78, 5) is 25.1. The van der Waals surface area contributed by atoms with Gasteiger partial charge in [0.1, 0.15) is 5.75 Å². The zero-order chi connectivity index (χ0) is 16.8. The molecule has 1 N–H and O–H groups in total. The molecule has 0 aliphatic rings. The van der Waals surface area contributed by atoms with E-state index in [0.29, 0.717) is 23.0 Å². The van der Waals surface area contributed by atoms with Crippen molar-refractivity contribution in [1.82, 2.24) is 5.32 Å². The van der Waals surface area contributed by atoms with Crippen LogP contribution < -0.4 is 15.0 Å². The first-order valence-corrected chi connectivity index (χ1v) is 7.34. The molecular formula is C16H17ClN2O4. The van der Waals surface area contributed by atoms with Gasteiger partial charge in [0, 0.05) is 25.7 Å². The number of carbonyl (C=O) groups is 2. The minimum atomic E-state index is -0.328. The van der Waals surface area contributed by atoms with E-state index < -0.39 is 0 Å². The van der Waals surface area contributed by atoms with Crippen molar-refractivity contribution >= 4 is 29.1 Å². The molecule has 0 atom stereocenters. The molecule has 7 heteroatoms. The van der Waals surface area contributed by atoms with Crippen LogP contribution in [0.4, 0.5) is 5.69 Å². The number of methoxy groups -OCH3 is 1. The van der Waals surface area contributed by atoms with Gasteiger partial charge in [0.05, 0.1) is 18.4 Å². The van der Waals surface area contributed by atoms with Crippen molar-refractivity contribution in [3.63, 3.8) is 0 Å². The molecule has 0 bridgehead atoms. The van der Waals surface area contributed by atoms with Gasteiger partial charge >= 0.3 is 0 Å². The van der Waals surface area contributed by atoms with Crippen LogP contribution in [0.1, 0.15) is 17.5 Å². The van der Waals surface area contributed by atoms with E-state index in [1.165, 1.54) is 25.2 Å². The zero-order valence-electron chi connectivity index (χ0n) is 12.8. The Bertz CT molecular complexity index is 685. The van der Waals surface area contributed by atoms with Crippen LogP contribution in [0.3, 0.4) is 0 Å². The van der Waals surface area contributed by atoms with Crippen molar-refractivity contribution < 1.29 is 18.7 Å². The summed E-state index contributed by atoms with van der Waals surface area (Å²) < 4.78 is 10.1. The summed E-state index contributed by atoms with van der Waals surface area (Å²) in [7, 11) is 1.52. The number of hydrogen-bond acceptors (Lipinski definition) is 4. The maximum atomic E-state index is 11.8. The number of nitrogens with one attached hydrogen (secondary N) is 1. The van der Waals surface area contributed by atoms with Gasteiger partial charge in [0.15, 0.2) is 5.76 Å². The molecule has 0 unspecified atom stereocenters. The first kappa shape index (κ1) is 16.9. The van der Waals surface area contributed by atoms with E-state index in [2.05, 4.69) is 5.32 Å². The van der Waals surface area contributed by atoms with E-state index >= 15 is 0 Å². The summed E-state index contributed by atoms with van der Waals surface area (Å²) in [6.07, 6.45) is 1.43. The smallest absolute Gasteiger partial charge is 0.287 e. The lowest BCUT2D eigenvalue weighted by atomic mass is 10.2. The van der Waals surface area contributed by atoms with Crippen molar-refractivity contribution in [1.29, 1.82) is 0 Å². The van der Waals surface area contributed by atoms with Crippen LogP contribution in [-0.2, 0) is 4.79 Å². The molecule has 0 saturated heterocycles. The summed E-state index contributed by atoms with van der Waals surface area (Å²) in [5.74, 6) is 0.279. The molecule has 122 valence electrons. The summed E-state index contributed by atoms with van der Waals surface area (Å²) in [6, 6.07) is 8.28. The van der Waals surface area contributed by atoms with Gasteiger partial charge < -0.3 is 19.4 Å². The van der Waals surface area contributed by atoms with E-state index in [4.69, 9.17) is 20.8 Å². The number of hydrogen-bond donors (Lipinski definition) is 1. The molecule has 6 nitrogen and oxygen atoms in total. The Labute approximate surface area is 139 Å². The van der Waals surface area contributed by atoms with E-state index in [0.717, 1.165) is 0 Å². The van der Waals surface area contributed by atoms with Crippen LogP contribution in [0, 0.1) is 0 Å². The number of furan rings is 1. The normalized spacial score (nSPS) is 10.2. The SMILES string of the molecule is COc1ccc(N(CCNC(=O)c2ccco2)C(C)=O)cc1Cl. The monoisotopic (exact) mass is 336 g/mol. The highest BCUT2D eigenvalue weighted by atomic mass is 35.5. The second-order valence-electron chi connectivity index (χ2n) is 4.72. The number of anilines is 1. The second kappa shape index (κ2) is 7.69. The highest BCUT2D eigenvalue weighted by Crippen LogP contribution is 2.29. The molecule has 23 heavy (non-hydrogen) atoms. The van der Waals surface area contributed by atoms with Gasteiger partial charge in [-0.05, 0) is 30.3 Å². The lowest BCUT2D eigenvalue weighted by Gasteiger charge is -2.22. The van der Waals surface area contributed by atoms with E-state index in [9.17, 15) is 9.59 Å². The number of amides is 2. The van der Waals surface area contributed by atoms with Gasteiger partial charge in [0.25, 0.3) is 5.91 Å². The molecule has 1 aromatic carbocycles. The number of ether oxygens (including phenoxy) is 1. The molecular weight excluding hydrogens is 320 g/mol. The molecule has 1 aromatic heterocycles. The highest BCUT2D eigenvalue weighted by molar-refractivity contribution is 6.32. The summed E-state index contributed by atoms with van der Waals surface area (Å²) in [6.45, 7) is 2.04. The fraction of sp³-hybridized carbons (Fsp3) is 0.250. The lowest BCUT2D eigenvalue weighted by Crippen LogP contribution is -2.37. The minimum Gasteiger partial charge on any atom is -0.495 e. The number of rotatable bonds is 6. The molecule has 0 aliphatic heterocycles. The Morgan fingerprint density at radius 1 is 1.35 bits per heavy atom. The molecule has 0 fully saturated rings. The van der Waals surface area contributed by atoms with Crippen molar-refractivity contribution in [2.24, 2.45) is 0 Å². The topological polar surface area (TPSA) is 71.8 Å². The van der Waals surface area contributed by atoms with Crippen LogP contribution >= 0.6 is 11.6 Å². The minimum absolute atomic E-state index is 0.154. The third-order valence-electron chi connectivity index (χ3n) is 3.19. The Kier molecular flexibility index (Phi) is 5.65. The summed E-state index contributed by atoms with van der Waals surface area (Å²) in [5.41, 5.74) is 0.635. The fourth-order valence-corrected chi connectivity index (χ4v) is 2.32. The zero-order valence-corrected chi connectivity index (χ0v) is 13.6. The Balaban J connectivity index is 2.00. The molecule has 0 aliphatic carbocycles. The number of halogens is 1. The van der Waals surface area contributed by atoms with E-state index in [1.54, 1.807) is 30.3 Å². The van der Waals surface area contributed by atoms with Crippen molar-refractivity contribution in [3.8, 4) is 5.75 Å². The predicted octanol–water partition coefficient (Wildman–Crippen LogP) is 2.72. The van der Waals surface area contributed by atoms with Gasteiger partial charge in [-0.2, -0.15) is 0 Å². The van der Waals surface area contributed by atoms with Crippen molar-refractivity contribution in [2.75, 3.05) is 25.1 Å². The van der Waals surface area contributed by atoms with Crippen molar-refractivity contribution in [3.05, 3.63) is 47.4 Å². The van der Waals surface area contributed by atoms with E-state index in [1.807, 2.05) is 0 Å². The maximum Gasteiger partial charge on any atom is 0.287 e. The molecule has 2 rings (SSSR count). The van der Waals surface area contributed by atoms with Crippen LogP contribution in [0.2, 0.25) is 5.02 Å². The van der Waals surface area contributed by atoms with Crippen LogP contribution in [0.15, 0.2) is 41.0 Å². The average molecular weight is 337 g/mol. The first-order valence-electron chi connectivity index (χ1n) is 6.96. The largest absolute Gasteiger partial charge is 0.495 e. The Hall–Kier alpha value is -2.47.